The van der Waals surface area contributed by atoms with Crippen molar-refractivity contribution in [1.82, 2.24) is 5.32 Å². The monoisotopic (exact) mass is 249 g/mol. The molecule has 1 amide bonds. The highest BCUT2D eigenvalue weighted by atomic mass is 16.6. The van der Waals surface area contributed by atoms with Crippen LogP contribution in [-0.4, -0.2) is 34.3 Å². The number of nitrogens with one attached hydrogen (secondary N) is 1. The van der Waals surface area contributed by atoms with E-state index in [1.54, 1.807) is 27.7 Å². The zero-order valence-corrected chi connectivity index (χ0v) is 11.0. The minimum Gasteiger partial charge on any atom is -0.480 e. The van der Waals surface area contributed by atoms with E-state index in [9.17, 15) is 9.59 Å². The van der Waals surface area contributed by atoms with Crippen LogP contribution in [-0.2, 0) is 9.53 Å². The van der Waals surface area contributed by atoms with E-state index in [4.69, 9.17) is 9.84 Å². The molecule has 0 bridgehead atoms. The van der Waals surface area contributed by atoms with Crippen molar-refractivity contribution in [1.29, 1.82) is 0 Å². The first-order chi connectivity index (χ1) is 7.17. The molecule has 17 heavy (non-hydrogen) atoms. The van der Waals surface area contributed by atoms with Gasteiger partial charge in [0.05, 0.1) is 0 Å². The van der Waals surface area contributed by atoms with Gasteiger partial charge < -0.3 is 20.6 Å². The van der Waals surface area contributed by atoms with E-state index < -0.39 is 23.7 Å². The molecule has 0 radical (unpaired) electrons. The second-order valence-corrected chi connectivity index (χ2v) is 4.85. The van der Waals surface area contributed by atoms with E-state index in [-0.39, 0.29) is 11.4 Å². The normalized spacial score (nSPS) is 14.2. The Balaban J connectivity index is 0. The largest absolute Gasteiger partial charge is 0.480 e. The quantitative estimate of drug-likeness (QED) is 0.780. The summed E-state index contributed by atoms with van der Waals surface area (Å²) in [6.07, 6.45) is -0.0209. The first-order valence-corrected chi connectivity index (χ1v) is 5.39. The van der Waals surface area contributed by atoms with Crippen molar-refractivity contribution in [2.75, 3.05) is 0 Å². The molecule has 0 aromatic rings. The highest BCUT2D eigenvalue weighted by molar-refractivity contribution is 5.80. The van der Waals surface area contributed by atoms with Crippen LogP contribution in [0.4, 0.5) is 4.79 Å². The summed E-state index contributed by atoms with van der Waals surface area (Å²) < 4.78 is 5.00. The van der Waals surface area contributed by atoms with Gasteiger partial charge in [0.25, 0.3) is 0 Å². The molecule has 0 unspecified atom stereocenters. The third-order valence-electron chi connectivity index (χ3n) is 2.15. The molecule has 0 fully saturated rings. The van der Waals surface area contributed by atoms with Gasteiger partial charge in [0.1, 0.15) is 11.6 Å². The summed E-state index contributed by atoms with van der Waals surface area (Å²) in [6.45, 7) is 8.83. The highest BCUT2D eigenvalue weighted by Crippen LogP contribution is 2.11. The second kappa shape index (κ2) is 7.11. The lowest BCUT2D eigenvalue weighted by Gasteiger charge is -2.24. The van der Waals surface area contributed by atoms with Gasteiger partial charge in [-0.25, -0.2) is 9.59 Å². The maximum atomic E-state index is 11.4. The van der Waals surface area contributed by atoms with Crippen LogP contribution < -0.4 is 5.32 Å². The Kier molecular flexibility index (Phi) is 7.56. The van der Waals surface area contributed by atoms with Crippen molar-refractivity contribution in [3.63, 3.8) is 0 Å². The van der Waals surface area contributed by atoms with Gasteiger partial charge in [0, 0.05) is 0 Å². The van der Waals surface area contributed by atoms with Crippen molar-refractivity contribution < 1.29 is 24.9 Å². The van der Waals surface area contributed by atoms with Crippen molar-refractivity contribution in [2.45, 2.75) is 52.7 Å². The number of hydrogen-bond acceptors (Lipinski definition) is 3. The van der Waals surface area contributed by atoms with Crippen LogP contribution in [0, 0.1) is 5.92 Å². The van der Waals surface area contributed by atoms with Crippen LogP contribution in [0.5, 0.6) is 0 Å². The van der Waals surface area contributed by atoms with Gasteiger partial charge in [0.15, 0.2) is 0 Å². The zero-order valence-electron chi connectivity index (χ0n) is 11.0. The van der Waals surface area contributed by atoms with Crippen molar-refractivity contribution >= 4 is 12.1 Å². The maximum absolute atomic E-state index is 11.4. The minimum absolute atomic E-state index is 0. The molecule has 0 aliphatic carbocycles. The molecule has 6 nitrogen and oxygen atoms in total. The Morgan fingerprint density at radius 1 is 1.35 bits per heavy atom. The van der Waals surface area contributed by atoms with E-state index in [1.807, 2.05) is 6.92 Å². The van der Waals surface area contributed by atoms with E-state index in [2.05, 4.69) is 5.32 Å². The third kappa shape index (κ3) is 7.57. The number of alkyl carbamates (subject to hydrolysis) is 1. The molecule has 6 heteroatoms. The third-order valence-corrected chi connectivity index (χ3v) is 2.15. The number of amides is 1. The van der Waals surface area contributed by atoms with E-state index >= 15 is 0 Å². The van der Waals surface area contributed by atoms with Crippen LogP contribution >= 0.6 is 0 Å². The minimum atomic E-state index is -1.04. The lowest BCUT2D eigenvalue weighted by atomic mass is 10.00. The summed E-state index contributed by atoms with van der Waals surface area (Å²) >= 11 is 0. The first-order valence-electron chi connectivity index (χ1n) is 5.39. The number of hydrogen-bond donors (Lipinski definition) is 2. The number of carbonyl (C=O) groups is 2. The average Bonchev–Trinajstić information content (AvgIpc) is 2.09. The molecule has 0 rings (SSSR count). The molecule has 0 aromatic carbocycles. The zero-order chi connectivity index (χ0) is 12.9. The fraction of sp³-hybridized carbons (Fsp3) is 0.818. The number of carboxylic acids is 1. The van der Waals surface area contributed by atoms with Crippen molar-refractivity contribution in [2.24, 2.45) is 5.92 Å². The first kappa shape index (κ1) is 18.1. The van der Waals surface area contributed by atoms with Crippen LogP contribution in [0.25, 0.3) is 0 Å². The van der Waals surface area contributed by atoms with Gasteiger partial charge in [-0.05, 0) is 26.7 Å². The van der Waals surface area contributed by atoms with Gasteiger partial charge in [-0.1, -0.05) is 20.3 Å². The molecule has 0 saturated heterocycles. The summed E-state index contributed by atoms with van der Waals surface area (Å²) in [4.78, 5) is 22.3. The van der Waals surface area contributed by atoms with E-state index in [1.165, 1.54) is 0 Å². The average molecular weight is 249 g/mol. The molecular weight excluding hydrogens is 226 g/mol. The summed E-state index contributed by atoms with van der Waals surface area (Å²) in [5.74, 6) is -1.18. The topological polar surface area (TPSA) is 107 Å². The molecule has 0 heterocycles. The Hall–Kier alpha value is -1.30. The molecule has 102 valence electrons. The molecule has 0 aliphatic rings. The predicted octanol–water partition coefficient (Wildman–Crippen LogP) is 1.19. The van der Waals surface area contributed by atoms with Gasteiger partial charge in [0.2, 0.25) is 0 Å². The van der Waals surface area contributed by atoms with Crippen molar-refractivity contribution in [3.8, 4) is 0 Å². The van der Waals surface area contributed by atoms with Crippen LogP contribution in [0.15, 0.2) is 0 Å². The molecule has 0 spiro atoms. The van der Waals surface area contributed by atoms with Crippen molar-refractivity contribution in [3.05, 3.63) is 0 Å². The highest BCUT2D eigenvalue weighted by Gasteiger charge is 2.27. The number of aliphatic carboxylic acids is 1. The maximum Gasteiger partial charge on any atom is 0.408 e. The lowest BCUT2D eigenvalue weighted by molar-refractivity contribution is -0.140. The Bertz CT molecular complexity index is 259. The second-order valence-electron chi connectivity index (χ2n) is 4.85. The van der Waals surface area contributed by atoms with Crippen LogP contribution in [0.3, 0.4) is 0 Å². The van der Waals surface area contributed by atoms with Gasteiger partial charge in [-0.15, -0.1) is 0 Å². The van der Waals surface area contributed by atoms with Gasteiger partial charge >= 0.3 is 12.1 Å². The molecule has 0 aromatic heterocycles. The molecule has 4 N–H and O–H groups in total. The summed E-state index contributed by atoms with van der Waals surface area (Å²) in [5.41, 5.74) is -0.622. The SMILES string of the molecule is CC[C@@H](C)[C@H](NC(=O)OC(C)(C)C)C(=O)O.O. The van der Waals surface area contributed by atoms with Crippen LogP contribution in [0.1, 0.15) is 41.0 Å². The molecule has 0 saturated carbocycles. The summed E-state index contributed by atoms with van der Waals surface area (Å²) in [6, 6.07) is -0.903. The van der Waals surface area contributed by atoms with Crippen LogP contribution in [0.2, 0.25) is 0 Å². The standard InChI is InChI=1S/C11H21NO4.H2O/c1-6-7(2)8(9(13)14)12-10(15)16-11(3,4)5;/h7-8H,6H2,1-5H3,(H,12,15)(H,13,14);1H2/t7-,8+;/m1./s1. The molecular formula is C11H23NO5. The fourth-order valence-corrected chi connectivity index (χ4v) is 1.12. The number of rotatable bonds is 4. The molecule has 2 atom stereocenters. The van der Waals surface area contributed by atoms with E-state index in [0.29, 0.717) is 6.42 Å². The Morgan fingerprint density at radius 3 is 2.12 bits per heavy atom. The Morgan fingerprint density at radius 2 is 1.82 bits per heavy atom. The number of ether oxygens (including phenoxy) is 1. The fourth-order valence-electron chi connectivity index (χ4n) is 1.12. The smallest absolute Gasteiger partial charge is 0.408 e. The number of carbonyl (C=O) groups excluding carboxylic acids is 1. The summed E-state index contributed by atoms with van der Waals surface area (Å²) in [7, 11) is 0. The predicted molar refractivity (Wildman–Crippen MR) is 63.9 cm³/mol. The number of carboxylic acid groups (broad SMARTS) is 1. The lowest BCUT2D eigenvalue weighted by Crippen LogP contribution is -2.46. The Labute approximate surface area is 102 Å². The summed E-state index contributed by atoms with van der Waals surface area (Å²) in [5, 5.41) is 11.3. The molecule has 0 aliphatic heterocycles. The van der Waals surface area contributed by atoms with Gasteiger partial charge in [-0.2, -0.15) is 0 Å². The van der Waals surface area contributed by atoms with E-state index in [0.717, 1.165) is 0 Å². The van der Waals surface area contributed by atoms with Gasteiger partial charge in [-0.3, -0.25) is 0 Å².